The zero-order chi connectivity index (χ0) is 26.6. The van der Waals surface area contributed by atoms with Crippen molar-refractivity contribution in [1.29, 1.82) is 0 Å². The summed E-state index contributed by atoms with van der Waals surface area (Å²) in [6, 6.07) is 19.6. The Morgan fingerprint density at radius 2 is 1.29 bits per heavy atom. The van der Waals surface area contributed by atoms with Crippen LogP contribution in [-0.2, 0) is 6.42 Å². The van der Waals surface area contributed by atoms with Gasteiger partial charge in [0.25, 0.3) is 0 Å². The summed E-state index contributed by atoms with van der Waals surface area (Å²) in [5.74, 6) is -0.841. The van der Waals surface area contributed by atoms with E-state index >= 15 is 0 Å². The number of ether oxygens (including phenoxy) is 1. The van der Waals surface area contributed by atoms with Gasteiger partial charge in [-0.3, -0.25) is 0 Å². The third-order valence-corrected chi connectivity index (χ3v) is 8.09. The minimum Gasteiger partial charge on any atom is -0.490 e. The number of halogens is 2. The monoisotopic (exact) mass is 518 g/mol. The van der Waals surface area contributed by atoms with Gasteiger partial charge >= 0.3 is 0 Å². The maximum atomic E-state index is 14.9. The molecule has 0 atom stereocenters. The Morgan fingerprint density at radius 1 is 0.658 bits per heavy atom. The predicted molar refractivity (Wildman–Crippen MR) is 156 cm³/mol. The summed E-state index contributed by atoms with van der Waals surface area (Å²) in [7, 11) is 0. The summed E-state index contributed by atoms with van der Waals surface area (Å²) in [6.07, 6.45) is 17.5. The van der Waals surface area contributed by atoms with Crippen molar-refractivity contribution in [3.05, 3.63) is 77.9 Å². The van der Waals surface area contributed by atoms with Gasteiger partial charge in [0.2, 0.25) is 5.82 Å². The van der Waals surface area contributed by atoms with Crippen molar-refractivity contribution in [2.75, 3.05) is 6.61 Å². The molecular formula is C35H44F2O. The van der Waals surface area contributed by atoms with Crippen LogP contribution in [0.4, 0.5) is 8.78 Å². The summed E-state index contributed by atoms with van der Waals surface area (Å²) in [6.45, 7) is 2.66. The van der Waals surface area contributed by atoms with Crippen LogP contribution in [0.25, 0.3) is 22.3 Å². The first kappa shape index (κ1) is 28.3. The molecule has 38 heavy (non-hydrogen) atoms. The van der Waals surface area contributed by atoms with Gasteiger partial charge in [0.1, 0.15) is 0 Å². The normalized spacial score (nSPS) is 13.8. The van der Waals surface area contributed by atoms with Crippen molar-refractivity contribution in [3.8, 4) is 28.0 Å². The van der Waals surface area contributed by atoms with Crippen LogP contribution >= 0.6 is 0 Å². The number of benzene rings is 3. The van der Waals surface area contributed by atoms with Crippen LogP contribution in [0, 0.1) is 17.6 Å². The molecule has 0 heterocycles. The lowest BCUT2D eigenvalue weighted by Gasteiger charge is -2.12. The van der Waals surface area contributed by atoms with E-state index in [2.05, 4.69) is 31.2 Å². The van der Waals surface area contributed by atoms with Crippen LogP contribution in [0.1, 0.15) is 96.0 Å². The van der Waals surface area contributed by atoms with Crippen LogP contribution in [0.3, 0.4) is 0 Å². The molecule has 3 heteroatoms. The SMILES string of the molecule is CCCCCCCc1ccc(-c2ccc(-c3ccc(OCCCCCC4CCCC4)c(F)c3F)cc2)cc1. The first-order valence-electron chi connectivity index (χ1n) is 15.0. The molecule has 0 unspecified atom stereocenters. The largest absolute Gasteiger partial charge is 0.490 e. The van der Waals surface area contributed by atoms with Gasteiger partial charge in [-0.2, -0.15) is 4.39 Å². The number of aryl methyl sites for hydroxylation is 1. The van der Waals surface area contributed by atoms with E-state index in [0.29, 0.717) is 12.2 Å². The molecule has 1 aliphatic rings. The van der Waals surface area contributed by atoms with Crippen LogP contribution < -0.4 is 4.74 Å². The van der Waals surface area contributed by atoms with Gasteiger partial charge in [0.05, 0.1) is 6.61 Å². The fraction of sp³-hybridized carbons (Fsp3) is 0.486. The second-order valence-electron chi connectivity index (χ2n) is 11.0. The van der Waals surface area contributed by atoms with Gasteiger partial charge < -0.3 is 4.74 Å². The van der Waals surface area contributed by atoms with Gasteiger partial charge in [-0.25, -0.2) is 4.39 Å². The fourth-order valence-corrected chi connectivity index (χ4v) is 5.70. The first-order valence-corrected chi connectivity index (χ1v) is 15.0. The molecule has 0 amide bonds. The Kier molecular flexibility index (Phi) is 11.2. The Labute approximate surface area is 228 Å². The lowest BCUT2D eigenvalue weighted by atomic mass is 9.98. The second kappa shape index (κ2) is 15.0. The Balaban J connectivity index is 1.27. The van der Waals surface area contributed by atoms with Crippen LogP contribution in [0.2, 0.25) is 0 Å². The van der Waals surface area contributed by atoms with Crippen molar-refractivity contribution in [2.24, 2.45) is 5.92 Å². The molecule has 3 aromatic rings. The van der Waals surface area contributed by atoms with E-state index < -0.39 is 11.6 Å². The Morgan fingerprint density at radius 3 is 2.00 bits per heavy atom. The fourth-order valence-electron chi connectivity index (χ4n) is 5.70. The number of unbranched alkanes of at least 4 members (excludes halogenated alkanes) is 6. The molecule has 0 saturated heterocycles. The highest BCUT2D eigenvalue weighted by molar-refractivity contribution is 5.71. The van der Waals surface area contributed by atoms with Gasteiger partial charge in [-0.05, 0) is 59.6 Å². The maximum Gasteiger partial charge on any atom is 0.201 e. The molecule has 204 valence electrons. The standard InChI is InChI=1S/C35H44F2O/c1-2-3-4-5-7-13-28-16-18-29(19-17-28)30-20-22-31(23-21-30)32-24-25-33(35(37)34(32)36)38-26-11-6-8-12-27-14-9-10-15-27/h16-25,27H,2-15,26H2,1H3. The highest BCUT2D eigenvalue weighted by Gasteiger charge is 2.17. The van der Waals surface area contributed by atoms with E-state index in [9.17, 15) is 8.78 Å². The van der Waals surface area contributed by atoms with Gasteiger partial charge in [-0.15, -0.1) is 0 Å². The molecule has 0 N–H and O–H groups in total. The van der Waals surface area contributed by atoms with E-state index in [1.54, 1.807) is 12.1 Å². The molecule has 1 nitrogen and oxygen atoms in total. The molecule has 0 radical (unpaired) electrons. The molecule has 0 aliphatic heterocycles. The van der Waals surface area contributed by atoms with Gasteiger partial charge in [0.15, 0.2) is 11.6 Å². The van der Waals surface area contributed by atoms with Crippen LogP contribution in [0.5, 0.6) is 5.75 Å². The Hall–Kier alpha value is -2.68. The third kappa shape index (κ3) is 8.16. The van der Waals surface area contributed by atoms with Crippen molar-refractivity contribution in [3.63, 3.8) is 0 Å². The molecule has 0 bridgehead atoms. The average Bonchev–Trinajstić information content (AvgIpc) is 3.47. The van der Waals surface area contributed by atoms with Crippen LogP contribution in [-0.4, -0.2) is 6.61 Å². The van der Waals surface area contributed by atoms with E-state index in [1.807, 2.05) is 24.3 Å². The van der Waals surface area contributed by atoms with E-state index in [4.69, 9.17) is 4.74 Å². The molecule has 3 aromatic carbocycles. The molecular weight excluding hydrogens is 474 g/mol. The molecule has 4 rings (SSSR count). The average molecular weight is 519 g/mol. The molecule has 0 spiro atoms. The molecule has 0 aromatic heterocycles. The summed E-state index contributed by atoms with van der Waals surface area (Å²) >= 11 is 0. The van der Waals surface area contributed by atoms with E-state index in [0.717, 1.165) is 36.3 Å². The topological polar surface area (TPSA) is 9.23 Å². The predicted octanol–water partition coefficient (Wildman–Crippen LogP) is 10.9. The summed E-state index contributed by atoms with van der Waals surface area (Å²) in [4.78, 5) is 0. The van der Waals surface area contributed by atoms with E-state index in [1.165, 1.54) is 76.2 Å². The van der Waals surface area contributed by atoms with Gasteiger partial charge in [-0.1, -0.05) is 126 Å². The Bertz CT molecular complexity index is 1100. The van der Waals surface area contributed by atoms with Crippen LogP contribution in [0.15, 0.2) is 60.7 Å². The number of hydrogen-bond acceptors (Lipinski definition) is 1. The maximum absolute atomic E-state index is 14.9. The zero-order valence-corrected chi connectivity index (χ0v) is 23.1. The summed E-state index contributed by atoms with van der Waals surface area (Å²) in [5, 5.41) is 0. The van der Waals surface area contributed by atoms with Crippen molar-refractivity contribution < 1.29 is 13.5 Å². The molecule has 1 saturated carbocycles. The summed E-state index contributed by atoms with van der Waals surface area (Å²) < 4.78 is 35.3. The third-order valence-electron chi connectivity index (χ3n) is 8.09. The molecule has 1 aliphatic carbocycles. The van der Waals surface area contributed by atoms with Crippen molar-refractivity contribution in [2.45, 2.75) is 96.8 Å². The highest BCUT2D eigenvalue weighted by Crippen LogP contribution is 2.32. The molecule has 1 fully saturated rings. The second-order valence-corrected chi connectivity index (χ2v) is 11.0. The lowest BCUT2D eigenvalue weighted by Crippen LogP contribution is -2.02. The van der Waals surface area contributed by atoms with E-state index in [-0.39, 0.29) is 11.3 Å². The summed E-state index contributed by atoms with van der Waals surface area (Å²) in [5.41, 5.74) is 4.48. The minimum absolute atomic E-state index is 0.00381. The van der Waals surface area contributed by atoms with Crippen molar-refractivity contribution in [1.82, 2.24) is 0 Å². The zero-order valence-electron chi connectivity index (χ0n) is 23.1. The quantitative estimate of drug-likeness (QED) is 0.182. The smallest absolute Gasteiger partial charge is 0.201 e. The van der Waals surface area contributed by atoms with Crippen molar-refractivity contribution >= 4 is 0 Å². The number of rotatable bonds is 15. The first-order chi connectivity index (χ1) is 18.7. The van der Waals surface area contributed by atoms with Gasteiger partial charge in [0, 0.05) is 5.56 Å². The number of hydrogen-bond donors (Lipinski definition) is 0. The highest BCUT2D eigenvalue weighted by atomic mass is 19.2. The lowest BCUT2D eigenvalue weighted by molar-refractivity contribution is 0.283. The minimum atomic E-state index is -0.900.